The Morgan fingerprint density at radius 3 is 1.40 bits per heavy atom. The monoisotopic (exact) mass is 767 g/mol. The van der Waals surface area contributed by atoms with E-state index in [-0.39, 0.29) is 16.7 Å². The van der Waals surface area contributed by atoms with Gasteiger partial charge in [0.2, 0.25) is 0 Å². The molecule has 0 bridgehead atoms. The molecule has 11 rings (SSSR count). The summed E-state index contributed by atoms with van der Waals surface area (Å²) < 4.78 is 117. The Bertz CT molecular complexity index is 3920. The van der Waals surface area contributed by atoms with E-state index in [1.165, 1.54) is 11.3 Å². The van der Waals surface area contributed by atoms with Gasteiger partial charge in [-0.3, -0.25) is 0 Å². The summed E-state index contributed by atoms with van der Waals surface area (Å²) in [5, 5.41) is 5.28. The molecule has 0 atom stereocenters. The van der Waals surface area contributed by atoms with Crippen LogP contribution in [0.25, 0.3) is 86.2 Å². The number of hydrogen-bond acceptors (Lipinski definition) is 2. The van der Waals surface area contributed by atoms with Gasteiger partial charge in [0.15, 0.2) is 0 Å². The van der Waals surface area contributed by atoms with Gasteiger partial charge in [-0.2, -0.15) is 0 Å². The summed E-state index contributed by atoms with van der Waals surface area (Å²) in [5.41, 5.74) is 1.02. The highest BCUT2D eigenvalue weighted by Gasteiger charge is 2.16. The van der Waals surface area contributed by atoms with Gasteiger partial charge in [0.1, 0.15) is 0 Å². The fourth-order valence-electron chi connectivity index (χ4n) is 7.71. The largest absolute Gasteiger partial charge is 0.311 e. The Morgan fingerprint density at radius 2 is 0.759 bits per heavy atom. The van der Waals surface area contributed by atoms with Gasteiger partial charge in [-0.05, 0) is 114 Å². The minimum atomic E-state index is -0.669. The molecule has 11 aromatic rings. The average Bonchev–Trinajstić information content (AvgIpc) is 3.77. The van der Waals surface area contributed by atoms with Crippen molar-refractivity contribution in [2.24, 2.45) is 0 Å². The molecule has 1 aromatic heterocycles. The molecule has 0 aliphatic carbocycles. The molecule has 0 spiro atoms. The van der Waals surface area contributed by atoms with Gasteiger partial charge in [-0.1, -0.05) is 176 Å². The zero-order valence-electron chi connectivity index (χ0n) is 42.8. The van der Waals surface area contributed by atoms with Crippen LogP contribution >= 0.6 is 11.3 Å². The zero-order valence-corrected chi connectivity index (χ0v) is 31.6. The van der Waals surface area contributed by atoms with E-state index in [0.29, 0.717) is 22.1 Å². The van der Waals surface area contributed by atoms with Crippen molar-refractivity contribution in [3.05, 3.63) is 224 Å². The van der Waals surface area contributed by atoms with Gasteiger partial charge in [0.05, 0.1) is 16.4 Å². The molecule has 0 N–H and O–H groups in total. The molecule has 0 saturated heterocycles. The standard InChI is InChI=1S/C56H37NS/c1-3-17-48-39(11-1)13-8-20-50(48)41-27-33-46(34-28-41)57(47-35-29-42(30-36-47)52-22-10-23-54-53-19-5-6-24-55(53)58-56(52)54)45-31-25-38(26-32-45)43-15-7-16-44(37-43)51-21-9-14-40-12-2-4-18-49(40)51/h1-37H/i25D,26D,27D,28D,29D,30D,31D,32D,33D,34D,35D,36D. The summed E-state index contributed by atoms with van der Waals surface area (Å²) in [4.78, 5) is 0.870. The average molecular weight is 768 g/mol. The first-order chi connectivity index (χ1) is 33.8. The summed E-state index contributed by atoms with van der Waals surface area (Å²) >= 11 is 1.45. The number of thiophene rings is 1. The number of fused-ring (bicyclic) bond motifs is 5. The molecule has 0 aliphatic rings. The van der Waals surface area contributed by atoms with Crippen LogP contribution in [-0.4, -0.2) is 0 Å². The SMILES string of the molecule is [2H]c1c([2H])c(N(c2c([2H])c([2H])c(-c3cccc4ccccc34)c([2H])c2[2H])c2c([2H])c([2H])c(-c3cccc4c3sc3ccccc34)c([2H])c2[2H])c([2H])c([2H])c1-c1cccc(-c2cccc3ccccc23)c1. The van der Waals surface area contributed by atoms with Gasteiger partial charge in [-0.15, -0.1) is 11.3 Å². The molecule has 0 saturated carbocycles. The van der Waals surface area contributed by atoms with Crippen LogP contribution in [0.2, 0.25) is 0 Å². The molecular formula is C56H37NS. The second-order valence-electron chi connectivity index (χ2n) is 13.9. The number of anilines is 3. The van der Waals surface area contributed by atoms with Gasteiger partial charge in [0.25, 0.3) is 0 Å². The Labute approximate surface area is 359 Å². The highest BCUT2D eigenvalue weighted by atomic mass is 32.1. The van der Waals surface area contributed by atoms with E-state index in [2.05, 4.69) is 0 Å². The van der Waals surface area contributed by atoms with Crippen LogP contribution in [0.3, 0.4) is 0 Å². The Morgan fingerprint density at radius 1 is 0.328 bits per heavy atom. The van der Waals surface area contributed by atoms with Crippen molar-refractivity contribution in [3.8, 4) is 44.5 Å². The summed E-state index contributed by atoms with van der Waals surface area (Å²) in [5.74, 6) is 0. The number of hydrogen-bond donors (Lipinski definition) is 0. The third-order valence-corrected chi connectivity index (χ3v) is 11.7. The van der Waals surface area contributed by atoms with Gasteiger partial charge >= 0.3 is 0 Å². The third-order valence-electron chi connectivity index (χ3n) is 10.5. The van der Waals surface area contributed by atoms with Crippen molar-refractivity contribution in [2.45, 2.75) is 0 Å². The second-order valence-corrected chi connectivity index (χ2v) is 15.0. The molecule has 1 heterocycles. The van der Waals surface area contributed by atoms with Crippen molar-refractivity contribution >= 4 is 70.1 Å². The number of nitrogens with zero attached hydrogens (tertiary/aromatic N) is 1. The minimum absolute atomic E-state index is 0.0253. The lowest BCUT2D eigenvalue weighted by molar-refractivity contribution is 1.28. The van der Waals surface area contributed by atoms with Crippen molar-refractivity contribution in [1.82, 2.24) is 0 Å². The van der Waals surface area contributed by atoms with Crippen molar-refractivity contribution < 1.29 is 16.4 Å². The molecule has 1 nitrogen and oxygen atoms in total. The van der Waals surface area contributed by atoms with Crippen LogP contribution in [-0.2, 0) is 0 Å². The van der Waals surface area contributed by atoms with Crippen LogP contribution in [0.5, 0.6) is 0 Å². The minimum Gasteiger partial charge on any atom is -0.311 e. The molecule has 2 heteroatoms. The fraction of sp³-hybridized carbons (Fsp3) is 0. The van der Waals surface area contributed by atoms with E-state index in [1.807, 2.05) is 103 Å². The lowest BCUT2D eigenvalue weighted by atomic mass is 9.95. The predicted octanol–water partition coefficient (Wildman–Crippen LogP) is 16.5. The quantitative estimate of drug-likeness (QED) is 0.156. The molecule has 0 fully saturated rings. The predicted molar refractivity (Wildman–Crippen MR) is 251 cm³/mol. The van der Waals surface area contributed by atoms with Crippen LogP contribution < -0.4 is 4.90 Å². The second kappa shape index (κ2) is 14.4. The maximum Gasteiger partial charge on any atom is 0.0645 e. The smallest absolute Gasteiger partial charge is 0.0645 e. The van der Waals surface area contributed by atoms with Gasteiger partial charge in [0, 0.05) is 37.2 Å². The Balaban J connectivity index is 1.18. The first kappa shape index (κ1) is 23.7. The summed E-state index contributed by atoms with van der Waals surface area (Å²) in [7, 11) is 0. The molecule has 0 radical (unpaired) electrons. The Kier molecular flexibility index (Phi) is 5.87. The van der Waals surface area contributed by atoms with Gasteiger partial charge in [-0.25, -0.2) is 0 Å². The van der Waals surface area contributed by atoms with Crippen LogP contribution in [0.4, 0.5) is 17.1 Å². The fourth-order valence-corrected chi connectivity index (χ4v) is 8.93. The Hall–Kier alpha value is -7.26. The van der Waals surface area contributed by atoms with E-state index < -0.39 is 89.6 Å². The molecule has 10 aromatic carbocycles. The van der Waals surface area contributed by atoms with Crippen LogP contribution in [0, 0.1) is 0 Å². The first-order valence-electron chi connectivity index (χ1n) is 24.9. The maximum atomic E-state index is 9.71. The number of benzene rings is 10. The van der Waals surface area contributed by atoms with E-state index in [9.17, 15) is 16.4 Å². The summed E-state index contributed by atoms with van der Waals surface area (Å²) in [6, 6.07) is 39.8. The zero-order chi connectivity index (χ0) is 48.9. The molecular weight excluding hydrogens is 719 g/mol. The van der Waals surface area contributed by atoms with Crippen LogP contribution in [0.1, 0.15) is 16.4 Å². The topological polar surface area (TPSA) is 3.24 Å². The molecule has 0 unspecified atom stereocenters. The third kappa shape index (κ3) is 6.03. The van der Waals surface area contributed by atoms with Crippen molar-refractivity contribution in [1.29, 1.82) is 0 Å². The van der Waals surface area contributed by atoms with E-state index in [0.717, 1.165) is 52.4 Å². The molecule has 272 valence electrons. The first-order valence-corrected chi connectivity index (χ1v) is 19.7. The van der Waals surface area contributed by atoms with E-state index >= 15 is 0 Å². The lowest BCUT2D eigenvalue weighted by Gasteiger charge is -2.26. The van der Waals surface area contributed by atoms with Gasteiger partial charge < -0.3 is 4.90 Å². The molecule has 0 amide bonds. The molecule has 0 aliphatic heterocycles. The molecule has 58 heavy (non-hydrogen) atoms. The number of rotatable bonds is 7. The summed E-state index contributed by atoms with van der Waals surface area (Å²) in [6.07, 6.45) is 0. The summed E-state index contributed by atoms with van der Waals surface area (Å²) in [6.45, 7) is 0. The van der Waals surface area contributed by atoms with E-state index in [4.69, 9.17) is 0 Å². The maximum absolute atomic E-state index is 9.71. The highest BCUT2D eigenvalue weighted by Crippen LogP contribution is 2.42. The van der Waals surface area contributed by atoms with E-state index in [1.54, 1.807) is 48.5 Å². The normalized spacial score (nSPS) is 14.3. The van der Waals surface area contributed by atoms with Crippen molar-refractivity contribution in [3.63, 3.8) is 0 Å². The lowest BCUT2D eigenvalue weighted by Crippen LogP contribution is -2.09. The van der Waals surface area contributed by atoms with Crippen LogP contribution in [0.15, 0.2) is 224 Å². The highest BCUT2D eigenvalue weighted by molar-refractivity contribution is 7.26. The van der Waals surface area contributed by atoms with Crippen molar-refractivity contribution in [2.75, 3.05) is 4.90 Å².